The number of carbonyl (C=O) groups excluding carboxylic acids is 2. The molecule has 25 heavy (non-hydrogen) atoms. The molecule has 0 saturated heterocycles. The molecule has 2 N–H and O–H groups in total. The van der Waals surface area contributed by atoms with Gasteiger partial charge in [0.1, 0.15) is 12.4 Å². The molecule has 128 valence electrons. The molecule has 2 amide bonds. The van der Waals surface area contributed by atoms with Crippen LogP contribution in [0.3, 0.4) is 0 Å². The van der Waals surface area contributed by atoms with Crippen LogP contribution in [0, 0.1) is 5.82 Å². The zero-order valence-electron chi connectivity index (χ0n) is 12.8. The van der Waals surface area contributed by atoms with E-state index in [4.69, 9.17) is 0 Å². The summed E-state index contributed by atoms with van der Waals surface area (Å²) in [6, 6.07) is 9.05. The Morgan fingerprint density at radius 1 is 1.16 bits per heavy atom. The first-order chi connectivity index (χ1) is 12.1. The summed E-state index contributed by atoms with van der Waals surface area (Å²) in [5.41, 5.74) is 0.444. The largest absolute Gasteiger partial charge is 0.345 e. The summed E-state index contributed by atoms with van der Waals surface area (Å²) in [6.07, 6.45) is 0. The maximum Gasteiger partial charge on any atom is 0.244 e. The van der Waals surface area contributed by atoms with Gasteiger partial charge in [-0.05, 0) is 40.9 Å². The van der Waals surface area contributed by atoms with Crippen LogP contribution < -0.4 is 10.6 Å². The number of hydrogen-bond acceptors (Lipinski definition) is 6. The van der Waals surface area contributed by atoms with Gasteiger partial charge in [0.25, 0.3) is 0 Å². The second-order valence-electron chi connectivity index (χ2n) is 4.95. The fourth-order valence-electron chi connectivity index (χ4n) is 1.92. The highest BCUT2D eigenvalue weighted by atomic mass is 32.1. The van der Waals surface area contributed by atoms with Gasteiger partial charge in [0.2, 0.25) is 17.6 Å². The predicted octanol–water partition coefficient (Wildman–Crippen LogP) is 1.30. The van der Waals surface area contributed by atoms with Crippen molar-refractivity contribution in [2.75, 3.05) is 11.9 Å². The second-order valence-corrected chi connectivity index (χ2v) is 5.90. The summed E-state index contributed by atoms with van der Waals surface area (Å²) in [4.78, 5) is 25.6. The minimum Gasteiger partial charge on any atom is -0.345 e. The van der Waals surface area contributed by atoms with Crippen LogP contribution in [0.1, 0.15) is 0 Å². The average Bonchev–Trinajstić information content (AvgIpc) is 3.26. The van der Waals surface area contributed by atoms with Crippen molar-refractivity contribution >= 4 is 28.8 Å². The van der Waals surface area contributed by atoms with Crippen LogP contribution in [0.25, 0.3) is 10.7 Å². The zero-order valence-corrected chi connectivity index (χ0v) is 13.7. The molecule has 1 aromatic carbocycles. The van der Waals surface area contributed by atoms with Crippen LogP contribution in [0.2, 0.25) is 0 Å². The number of halogens is 1. The lowest BCUT2D eigenvalue weighted by molar-refractivity contribution is -0.124. The first-order valence-electron chi connectivity index (χ1n) is 7.24. The van der Waals surface area contributed by atoms with Gasteiger partial charge in [0, 0.05) is 5.69 Å². The molecule has 0 fully saturated rings. The highest BCUT2D eigenvalue weighted by molar-refractivity contribution is 7.13. The summed E-state index contributed by atoms with van der Waals surface area (Å²) in [7, 11) is 0. The maximum atomic E-state index is 12.8. The Kier molecular flexibility index (Phi) is 5.09. The number of nitrogens with one attached hydrogen (secondary N) is 2. The van der Waals surface area contributed by atoms with Gasteiger partial charge in [-0.25, -0.2) is 4.39 Å². The number of amides is 2. The lowest BCUT2D eigenvalue weighted by Gasteiger charge is -2.06. The van der Waals surface area contributed by atoms with Gasteiger partial charge in [-0.1, -0.05) is 6.07 Å². The molecular formula is C15H13FN6O2S. The van der Waals surface area contributed by atoms with E-state index in [-0.39, 0.29) is 13.1 Å². The Morgan fingerprint density at radius 2 is 1.96 bits per heavy atom. The van der Waals surface area contributed by atoms with Crippen molar-refractivity contribution < 1.29 is 14.0 Å². The molecule has 3 aromatic rings. The average molecular weight is 360 g/mol. The normalized spacial score (nSPS) is 10.4. The van der Waals surface area contributed by atoms with Gasteiger partial charge < -0.3 is 10.6 Å². The van der Waals surface area contributed by atoms with Crippen molar-refractivity contribution in [2.24, 2.45) is 0 Å². The quantitative estimate of drug-likeness (QED) is 0.690. The first-order valence-corrected chi connectivity index (χ1v) is 8.12. The Bertz CT molecular complexity index is 863. The standard InChI is InChI=1S/C15H13FN6O2S/c16-10-3-5-11(6-4-10)18-13(23)8-17-14(24)9-22-20-15(19-21-22)12-2-1-7-25-12/h1-7H,8-9H2,(H,17,24)(H,18,23). The summed E-state index contributed by atoms with van der Waals surface area (Å²) in [6.45, 7) is -0.370. The summed E-state index contributed by atoms with van der Waals surface area (Å²) < 4.78 is 12.8. The van der Waals surface area contributed by atoms with Crippen LogP contribution in [0.15, 0.2) is 41.8 Å². The zero-order chi connectivity index (χ0) is 17.6. The van der Waals surface area contributed by atoms with Crippen molar-refractivity contribution in [2.45, 2.75) is 6.54 Å². The van der Waals surface area contributed by atoms with Crippen molar-refractivity contribution in [3.05, 3.63) is 47.6 Å². The van der Waals surface area contributed by atoms with E-state index in [1.807, 2.05) is 17.5 Å². The van der Waals surface area contributed by atoms with Gasteiger partial charge in [0.05, 0.1) is 11.4 Å². The van der Waals surface area contributed by atoms with Crippen molar-refractivity contribution in [1.29, 1.82) is 0 Å². The van der Waals surface area contributed by atoms with E-state index in [2.05, 4.69) is 26.0 Å². The maximum absolute atomic E-state index is 12.8. The Hall–Kier alpha value is -3.14. The third-order valence-corrected chi connectivity index (χ3v) is 3.92. The third kappa shape index (κ3) is 4.67. The molecule has 2 aromatic heterocycles. The summed E-state index contributed by atoms with van der Waals surface area (Å²) in [5.74, 6) is -0.805. The number of aromatic nitrogens is 4. The lowest BCUT2D eigenvalue weighted by Crippen LogP contribution is -2.35. The number of rotatable bonds is 6. The van der Waals surface area contributed by atoms with Crippen LogP contribution >= 0.6 is 11.3 Å². The molecule has 0 bridgehead atoms. The monoisotopic (exact) mass is 360 g/mol. The summed E-state index contributed by atoms with van der Waals surface area (Å²) >= 11 is 1.47. The minimum atomic E-state index is -0.426. The molecule has 2 heterocycles. The van der Waals surface area contributed by atoms with E-state index in [0.29, 0.717) is 11.5 Å². The van der Waals surface area contributed by atoms with E-state index >= 15 is 0 Å². The van der Waals surface area contributed by atoms with E-state index < -0.39 is 17.6 Å². The molecule has 0 aliphatic rings. The first kappa shape index (κ1) is 16.7. The fourth-order valence-corrected chi connectivity index (χ4v) is 2.56. The van der Waals surface area contributed by atoms with Gasteiger partial charge in [-0.2, -0.15) is 4.80 Å². The molecule has 3 rings (SSSR count). The van der Waals surface area contributed by atoms with E-state index in [9.17, 15) is 14.0 Å². The number of carbonyl (C=O) groups is 2. The second kappa shape index (κ2) is 7.62. The van der Waals surface area contributed by atoms with E-state index in [1.165, 1.54) is 35.6 Å². The number of tetrazole rings is 1. The molecule has 0 unspecified atom stereocenters. The number of hydrogen-bond donors (Lipinski definition) is 2. The van der Waals surface area contributed by atoms with Gasteiger partial charge >= 0.3 is 0 Å². The highest BCUT2D eigenvalue weighted by Crippen LogP contribution is 2.19. The number of thiophene rings is 1. The topological polar surface area (TPSA) is 102 Å². The van der Waals surface area contributed by atoms with Crippen molar-refractivity contribution in [3.8, 4) is 10.7 Å². The third-order valence-electron chi connectivity index (χ3n) is 3.05. The molecule has 0 saturated carbocycles. The molecule has 0 radical (unpaired) electrons. The van der Waals surface area contributed by atoms with Gasteiger partial charge in [-0.15, -0.1) is 21.5 Å². The van der Waals surface area contributed by atoms with Gasteiger partial charge in [0.15, 0.2) is 0 Å². The number of nitrogens with zero attached hydrogens (tertiary/aromatic N) is 4. The van der Waals surface area contributed by atoms with Crippen LogP contribution in [-0.2, 0) is 16.1 Å². The smallest absolute Gasteiger partial charge is 0.244 e. The lowest BCUT2D eigenvalue weighted by atomic mass is 10.3. The molecule has 0 aliphatic carbocycles. The Balaban J connectivity index is 1.46. The number of anilines is 1. The van der Waals surface area contributed by atoms with E-state index in [1.54, 1.807) is 0 Å². The van der Waals surface area contributed by atoms with Crippen molar-refractivity contribution in [3.63, 3.8) is 0 Å². The predicted molar refractivity (Wildman–Crippen MR) is 89.2 cm³/mol. The van der Waals surface area contributed by atoms with Crippen molar-refractivity contribution in [1.82, 2.24) is 25.5 Å². The minimum absolute atomic E-state index is 0.151. The Morgan fingerprint density at radius 3 is 2.68 bits per heavy atom. The summed E-state index contributed by atoms with van der Waals surface area (Å²) in [5, 5.41) is 18.7. The fraction of sp³-hybridized carbons (Fsp3) is 0.133. The molecule has 8 nitrogen and oxygen atoms in total. The molecule has 0 aliphatic heterocycles. The van der Waals surface area contributed by atoms with Crippen LogP contribution in [0.4, 0.5) is 10.1 Å². The van der Waals surface area contributed by atoms with Crippen LogP contribution in [0.5, 0.6) is 0 Å². The molecule has 10 heteroatoms. The molecule has 0 atom stereocenters. The van der Waals surface area contributed by atoms with Crippen LogP contribution in [-0.4, -0.2) is 38.6 Å². The number of benzene rings is 1. The SMILES string of the molecule is O=C(Cn1nnc(-c2cccs2)n1)NCC(=O)Nc1ccc(F)cc1. The molecular weight excluding hydrogens is 347 g/mol. The Labute approximate surface area is 145 Å². The van der Waals surface area contributed by atoms with Gasteiger partial charge in [-0.3, -0.25) is 9.59 Å². The molecule has 0 spiro atoms. The van der Waals surface area contributed by atoms with E-state index in [0.717, 1.165) is 9.67 Å². The highest BCUT2D eigenvalue weighted by Gasteiger charge is 2.11.